The first-order chi connectivity index (χ1) is 10.0. The number of amides is 1. The van der Waals surface area contributed by atoms with Crippen molar-refractivity contribution in [1.29, 1.82) is 0 Å². The number of methoxy groups -OCH3 is 1. The summed E-state index contributed by atoms with van der Waals surface area (Å²) in [6.07, 6.45) is 2.60. The van der Waals surface area contributed by atoms with Gasteiger partial charge in [-0.25, -0.2) is 0 Å². The number of hydrogen-bond acceptors (Lipinski definition) is 3. The molecule has 0 atom stereocenters. The molecule has 1 aliphatic heterocycles. The molecular weight excluding hydrogens is 400 g/mol. The zero-order chi connectivity index (χ0) is 15.5. The first-order valence-corrected chi connectivity index (χ1v) is 8.66. The van der Waals surface area contributed by atoms with Crippen LogP contribution in [0.15, 0.2) is 21.1 Å². The molecule has 1 aromatic rings. The highest BCUT2D eigenvalue weighted by Gasteiger charge is 2.37. The number of rotatable bonds is 4. The summed E-state index contributed by atoms with van der Waals surface area (Å²) in [7, 11) is 1.61. The average Bonchev–Trinajstić information content (AvgIpc) is 2.50. The zero-order valence-electron chi connectivity index (χ0n) is 12.3. The van der Waals surface area contributed by atoms with Crippen LogP contribution in [-0.2, 0) is 4.79 Å². The van der Waals surface area contributed by atoms with Gasteiger partial charge in [-0.05, 0) is 70.3 Å². The summed E-state index contributed by atoms with van der Waals surface area (Å²) in [5.74, 6) is 0.793. The number of hydrogen-bond donors (Lipinski definition) is 2. The summed E-state index contributed by atoms with van der Waals surface area (Å²) in [5.41, 5.74) is 0.469. The van der Waals surface area contributed by atoms with Crippen molar-refractivity contribution in [2.45, 2.75) is 26.2 Å². The standard InChI is InChI=1S/C15H20Br2N2O2/c1-3-15(4-6-18-7-5-15)14(20)19-12-9-13(21-2)11(17)8-10(12)16/h8-9,18H,3-7H2,1-2H3,(H,19,20). The Bertz CT molecular complexity index is 529. The van der Waals surface area contributed by atoms with Crippen LogP contribution in [0.2, 0.25) is 0 Å². The van der Waals surface area contributed by atoms with Crippen molar-refractivity contribution in [2.24, 2.45) is 5.41 Å². The molecule has 2 N–H and O–H groups in total. The van der Waals surface area contributed by atoms with E-state index < -0.39 is 0 Å². The smallest absolute Gasteiger partial charge is 0.230 e. The molecule has 21 heavy (non-hydrogen) atoms. The number of nitrogens with one attached hydrogen (secondary N) is 2. The summed E-state index contributed by atoms with van der Waals surface area (Å²) < 4.78 is 6.98. The van der Waals surface area contributed by atoms with E-state index in [4.69, 9.17) is 4.74 Å². The van der Waals surface area contributed by atoms with E-state index in [2.05, 4.69) is 49.4 Å². The highest BCUT2D eigenvalue weighted by Crippen LogP contribution is 2.38. The molecule has 0 aromatic heterocycles. The Labute approximate surface area is 142 Å². The number of anilines is 1. The van der Waals surface area contributed by atoms with Crippen LogP contribution < -0.4 is 15.4 Å². The van der Waals surface area contributed by atoms with Gasteiger partial charge in [-0.2, -0.15) is 0 Å². The predicted octanol–water partition coefficient (Wildman–Crippen LogP) is 3.94. The quantitative estimate of drug-likeness (QED) is 0.776. The molecule has 0 unspecified atom stereocenters. The van der Waals surface area contributed by atoms with E-state index in [-0.39, 0.29) is 11.3 Å². The van der Waals surface area contributed by atoms with E-state index in [0.717, 1.165) is 47.0 Å². The molecule has 0 saturated carbocycles. The molecule has 116 valence electrons. The number of carbonyl (C=O) groups excluding carboxylic acids is 1. The Morgan fingerprint density at radius 1 is 1.33 bits per heavy atom. The van der Waals surface area contributed by atoms with E-state index in [0.29, 0.717) is 5.75 Å². The van der Waals surface area contributed by atoms with E-state index in [1.54, 1.807) is 7.11 Å². The first kappa shape index (κ1) is 16.8. The molecule has 6 heteroatoms. The van der Waals surface area contributed by atoms with Gasteiger partial charge in [0.25, 0.3) is 0 Å². The molecule has 1 fully saturated rings. The maximum atomic E-state index is 12.7. The fraction of sp³-hybridized carbons (Fsp3) is 0.533. The molecule has 4 nitrogen and oxygen atoms in total. The molecule has 1 heterocycles. The molecule has 1 saturated heterocycles. The monoisotopic (exact) mass is 418 g/mol. The molecule has 1 amide bonds. The zero-order valence-corrected chi connectivity index (χ0v) is 15.4. The maximum Gasteiger partial charge on any atom is 0.230 e. The van der Waals surface area contributed by atoms with Gasteiger partial charge in [-0.3, -0.25) is 4.79 Å². The molecule has 0 radical (unpaired) electrons. The van der Waals surface area contributed by atoms with Gasteiger partial charge in [-0.1, -0.05) is 6.92 Å². The highest BCUT2D eigenvalue weighted by molar-refractivity contribution is 9.11. The second kappa shape index (κ2) is 7.11. The topological polar surface area (TPSA) is 50.4 Å². The van der Waals surface area contributed by atoms with Gasteiger partial charge in [0.1, 0.15) is 5.75 Å². The van der Waals surface area contributed by atoms with E-state index in [9.17, 15) is 4.79 Å². The second-order valence-electron chi connectivity index (χ2n) is 5.30. The van der Waals surface area contributed by atoms with Gasteiger partial charge in [0.15, 0.2) is 0 Å². The van der Waals surface area contributed by atoms with E-state index in [1.807, 2.05) is 12.1 Å². The lowest BCUT2D eigenvalue weighted by Gasteiger charge is -2.35. The number of carbonyl (C=O) groups is 1. The van der Waals surface area contributed by atoms with Crippen LogP contribution in [0.25, 0.3) is 0 Å². The Morgan fingerprint density at radius 3 is 2.57 bits per heavy atom. The predicted molar refractivity (Wildman–Crippen MR) is 91.9 cm³/mol. The SMILES string of the molecule is CCC1(C(=O)Nc2cc(OC)c(Br)cc2Br)CCNCC1. The molecule has 1 aliphatic rings. The van der Waals surface area contributed by atoms with Gasteiger partial charge in [0.05, 0.1) is 22.7 Å². The van der Waals surface area contributed by atoms with Gasteiger partial charge in [-0.15, -0.1) is 0 Å². The van der Waals surface area contributed by atoms with Crippen LogP contribution in [-0.4, -0.2) is 26.1 Å². The minimum absolute atomic E-state index is 0.0941. The van der Waals surface area contributed by atoms with Gasteiger partial charge in [0.2, 0.25) is 5.91 Å². The minimum atomic E-state index is -0.273. The largest absolute Gasteiger partial charge is 0.495 e. The number of benzene rings is 1. The summed E-state index contributed by atoms with van der Waals surface area (Å²) in [5, 5.41) is 6.37. The number of piperidine rings is 1. The summed E-state index contributed by atoms with van der Waals surface area (Å²) in [6, 6.07) is 3.71. The molecule has 0 spiro atoms. The van der Waals surface area contributed by atoms with Gasteiger partial charge < -0.3 is 15.4 Å². The van der Waals surface area contributed by atoms with Crippen LogP contribution >= 0.6 is 31.9 Å². The van der Waals surface area contributed by atoms with Crippen molar-refractivity contribution in [3.05, 3.63) is 21.1 Å². The van der Waals surface area contributed by atoms with Crippen molar-refractivity contribution < 1.29 is 9.53 Å². The van der Waals surface area contributed by atoms with Crippen molar-refractivity contribution in [1.82, 2.24) is 5.32 Å². The Balaban J connectivity index is 2.22. The molecule has 0 aliphatic carbocycles. The van der Waals surface area contributed by atoms with Crippen LogP contribution in [0.4, 0.5) is 5.69 Å². The van der Waals surface area contributed by atoms with Crippen molar-refractivity contribution >= 4 is 43.5 Å². The molecular formula is C15H20Br2N2O2. The molecule has 0 bridgehead atoms. The van der Waals surface area contributed by atoms with E-state index >= 15 is 0 Å². The van der Waals surface area contributed by atoms with Crippen LogP contribution in [0, 0.1) is 5.41 Å². The number of ether oxygens (including phenoxy) is 1. The first-order valence-electron chi connectivity index (χ1n) is 7.07. The Hall–Kier alpha value is -0.590. The van der Waals surface area contributed by atoms with Crippen molar-refractivity contribution in [3.63, 3.8) is 0 Å². The Kier molecular flexibility index (Phi) is 5.68. The number of halogens is 2. The lowest BCUT2D eigenvalue weighted by Crippen LogP contribution is -2.44. The summed E-state index contributed by atoms with van der Waals surface area (Å²) in [6.45, 7) is 3.88. The third-order valence-electron chi connectivity index (χ3n) is 4.21. The normalized spacial score (nSPS) is 17.3. The van der Waals surface area contributed by atoms with Gasteiger partial charge >= 0.3 is 0 Å². The molecule has 2 rings (SSSR count). The average molecular weight is 420 g/mol. The van der Waals surface area contributed by atoms with Crippen molar-refractivity contribution in [2.75, 3.05) is 25.5 Å². The van der Waals surface area contributed by atoms with Crippen molar-refractivity contribution in [3.8, 4) is 5.75 Å². The summed E-state index contributed by atoms with van der Waals surface area (Å²) in [4.78, 5) is 12.7. The highest BCUT2D eigenvalue weighted by atomic mass is 79.9. The van der Waals surface area contributed by atoms with Crippen LogP contribution in [0.5, 0.6) is 5.75 Å². The maximum absolute atomic E-state index is 12.7. The van der Waals surface area contributed by atoms with E-state index in [1.165, 1.54) is 0 Å². The fourth-order valence-electron chi connectivity index (χ4n) is 2.68. The minimum Gasteiger partial charge on any atom is -0.495 e. The Morgan fingerprint density at radius 2 is 2.00 bits per heavy atom. The molecule has 1 aromatic carbocycles. The lowest BCUT2D eigenvalue weighted by atomic mass is 9.76. The second-order valence-corrected chi connectivity index (χ2v) is 7.01. The van der Waals surface area contributed by atoms with Gasteiger partial charge in [0, 0.05) is 10.5 Å². The summed E-state index contributed by atoms with van der Waals surface area (Å²) >= 11 is 6.92. The van der Waals surface area contributed by atoms with Crippen LogP contribution in [0.3, 0.4) is 0 Å². The van der Waals surface area contributed by atoms with Crippen LogP contribution in [0.1, 0.15) is 26.2 Å². The third kappa shape index (κ3) is 3.60. The lowest BCUT2D eigenvalue weighted by molar-refractivity contribution is -0.127. The third-order valence-corrected chi connectivity index (χ3v) is 5.48. The fourth-order valence-corrected chi connectivity index (χ4v) is 3.94.